The summed E-state index contributed by atoms with van der Waals surface area (Å²) in [6.07, 6.45) is 5.38. The Hall–Kier alpha value is -1.02. The number of rotatable bonds is 1. The van der Waals surface area contributed by atoms with E-state index in [0.29, 0.717) is 6.04 Å². The monoisotopic (exact) mass is 245 g/mol. The molecule has 1 unspecified atom stereocenters. The lowest BCUT2D eigenvalue weighted by atomic mass is 9.87. The van der Waals surface area contributed by atoms with Crippen molar-refractivity contribution in [3.63, 3.8) is 0 Å². The second-order valence-corrected chi connectivity index (χ2v) is 6.05. The zero-order chi connectivity index (χ0) is 12.5. The molecule has 1 aliphatic heterocycles. The van der Waals surface area contributed by atoms with E-state index >= 15 is 0 Å². The van der Waals surface area contributed by atoms with Crippen LogP contribution in [0.1, 0.15) is 38.2 Å². The molecule has 1 atom stereocenters. The largest absolute Gasteiger partial charge is 0.393 e. The van der Waals surface area contributed by atoms with Crippen LogP contribution in [-0.4, -0.2) is 23.8 Å². The summed E-state index contributed by atoms with van der Waals surface area (Å²) in [5.41, 5.74) is 2.94. The van der Waals surface area contributed by atoms with Crippen molar-refractivity contribution in [3.05, 3.63) is 29.8 Å². The molecule has 0 radical (unpaired) electrons. The SMILES string of the molecule is CC1Cc2ccccc2N(C2CCC(O)CC2)C1. The predicted molar refractivity (Wildman–Crippen MR) is 74.9 cm³/mol. The first-order chi connectivity index (χ1) is 8.74. The third-order valence-electron chi connectivity index (χ3n) is 4.48. The first-order valence-electron chi connectivity index (χ1n) is 7.26. The Morgan fingerprint density at radius 2 is 1.83 bits per heavy atom. The van der Waals surface area contributed by atoms with Gasteiger partial charge < -0.3 is 10.0 Å². The number of hydrogen-bond donors (Lipinski definition) is 1. The van der Waals surface area contributed by atoms with Crippen LogP contribution in [-0.2, 0) is 6.42 Å². The van der Waals surface area contributed by atoms with Crippen LogP contribution in [0.25, 0.3) is 0 Å². The van der Waals surface area contributed by atoms with Gasteiger partial charge in [0.1, 0.15) is 0 Å². The van der Waals surface area contributed by atoms with E-state index in [2.05, 4.69) is 36.1 Å². The van der Waals surface area contributed by atoms with Crippen molar-refractivity contribution in [2.45, 2.75) is 51.2 Å². The molecule has 2 aliphatic rings. The fourth-order valence-corrected chi connectivity index (χ4v) is 3.55. The molecular weight excluding hydrogens is 222 g/mol. The van der Waals surface area contributed by atoms with Crippen LogP contribution < -0.4 is 4.90 Å². The second kappa shape index (κ2) is 4.93. The molecular formula is C16H23NO. The number of nitrogens with zero attached hydrogens (tertiary/aromatic N) is 1. The van der Waals surface area contributed by atoms with Gasteiger partial charge in [0.05, 0.1) is 6.10 Å². The predicted octanol–water partition coefficient (Wildman–Crippen LogP) is 2.99. The lowest BCUT2D eigenvalue weighted by molar-refractivity contribution is 0.121. The van der Waals surface area contributed by atoms with Crippen molar-refractivity contribution in [2.24, 2.45) is 5.92 Å². The molecule has 3 rings (SSSR count). The Bertz CT molecular complexity index is 409. The highest BCUT2D eigenvalue weighted by molar-refractivity contribution is 5.56. The van der Waals surface area contributed by atoms with Gasteiger partial charge in [0, 0.05) is 18.3 Å². The minimum atomic E-state index is -0.0568. The molecule has 1 N–H and O–H groups in total. The molecule has 98 valence electrons. The average Bonchev–Trinajstić information content (AvgIpc) is 2.38. The maximum atomic E-state index is 9.65. The topological polar surface area (TPSA) is 23.5 Å². The van der Waals surface area contributed by atoms with Crippen LogP contribution in [0, 0.1) is 5.92 Å². The van der Waals surface area contributed by atoms with Crippen LogP contribution in [0.15, 0.2) is 24.3 Å². The number of aliphatic hydroxyl groups excluding tert-OH is 1. The van der Waals surface area contributed by atoms with Gasteiger partial charge in [-0.3, -0.25) is 0 Å². The van der Waals surface area contributed by atoms with E-state index in [9.17, 15) is 5.11 Å². The highest BCUT2D eigenvalue weighted by Crippen LogP contribution is 2.34. The van der Waals surface area contributed by atoms with Crippen molar-refractivity contribution < 1.29 is 5.11 Å². The molecule has 2 heteroatoms. The average molecular weight is 245 g/mol. The molecule has 0 aromatic heterocycles. The summed E-state index contributed by atoms with van der Waals surface area (Å²) >= 11 is 0. The van der Waals surface area contributed by atoms with E-state index in [-0.39, 0.29) is 6.10 Å². The summed E-state index contributed by atoms with van der Waals surface area (Å²) < 4.78 is 0. The fourth-order valence-electron chi connectivity index (χ4n) is 3.55. The summed E-state index contributed by atoms with van der Waals surface area (Å²) in [5.74, 6) is 0.742. The molecule has 18 heavy (non-hydrogen) atoms. The normalized spacial score (nSPS) is 32.1. The summed E-state index contributed by atoms with van der Waals surface area (Å²) in [6.45, 7) is 3.53. The van der Waals surface area contributed by atoms with E-state index < -0.39 is 0 Å². The first kappa shape index (κ1) is 12.0. The number of benzene rings is 1. The van der Waals surface area contributed by atoms with Crippen LogP contribution in [0.2, 0.25) is 0 Å². The summed E-state index contributed by atoms with van der Waals surface area (Å²) in [5, 5.41) is 9.65. The molecule has 1 fully saturated rings. The molecule has 1 heterocycles. The molecule has 0 bridgehead atoms. The first-order valence-corrected chi connectivity index (χ1v) is 7.26. The Labute approximate surface area is 110 Å². The van der Waals surface area contributed by atoms with Gasteiger partial charge in [-0.1, -0.05) is 25.1 Å². The Morgan fingerprint density at radius 1 is 1.11 bits per heavy atom. The van der Waals surface area contributed by atoms with Crippen molar-refractivity contribution in [1.82, 2.24) is 0 Å². The van der Waals surface area contributed by atoms with Crippen LogP contribution in [0.4, 0.5) is 5.69 Å². The fraction of sp³-hybridized carbons (Fsp3) is 0.625. The quantitative estimate of drug-likeness (QED) is 0.822. The summed E-state index contributed by atoms with van der Waals surface area (Å²) in [7, 11) is 0. The smallest absolute Gasteiger partial charge is 0.0541 e. The van der Waals surface area contributed by atoms with Gasteiger partial charge in [0.15, 0.2) is 0 Å². The van der Waals surface area contributed by atoms with Crippen LogP contribution in [0.5, 0.6) is 0 Å². The van der Waals surface area contributed by atoms with Gasteiger partial charge in [-0.05, 0) is 49.7 Å². The van der Waals surface area contributed by atoms with Crippen molar-refractivity contribution >= 4 is 5.69 Å². The molecule has 0 amide bonds. The Kier molecular flexibility index (Phi) is 3.29. The molecule has 0 saturated heterocycles. The van der Waals surface area contributed by atoms with Gasteiger partial charge >= 0.3 is 0 Å². The highest BCUT2D eigenvalue weighted by atomic mass is 16.3. The zero-order valence-electron chi connectivity index (χ0n) is 11.2. The Morgan fingerprint density at radius 3 is 2.61 bits per heavy atom. The van der Waals surface area contributed by atoms with E-state index in [4.69, 9.17) is 0 Å². The van der Waals surface area contributed by atoms with Gasteiger partial charge in [-0.2, -0.15) is 0 Å². The number of aliphatic hydroxyl groups is 1. The van der Waals surface area contributed by atoms with Gasteiger partial charge in [-0.15, -0.1) is 0 Å². The van der Waals surface area contributed by atoms with Crippen LogP contribution >= 0.6 is 0 Å². The maximum absolute atomic E-state index is 9.65. The lowest BCUT2D eigenvalue weighted by Gasteiger charge is -2.42. The highest BCUT2D eigenvalue weighted by Gasteiger charge is 2.29. The maximum Gasteiger partial charge on any atom is 0.0541 e. The van der Waals surface area contributed by atoms with Crippen LogP contribution in [0.3, 0.4) is 0 Å². The number of fused-ring (bicyclic) bond motifs is 1. The number of hydrogen-bond acceptors (Lipinski definition) is 2. The van der Waals surface area contributed by atoms with E-state index in [0.717, 1.165) is 31.6 Å². The zero-order valence-corrected chi connectivity index (χ0v) is 11.2. The minimum Gasteiger partial charge on any atom is -0.393 e. The molecule has 1 aromatic rings. The Balaban J connectivity index is 1.84. The number of anilines is 1. The summed E-state index contributed by atoms with van der Waals surface area (Å²) in [4.78, 5) is 2.61. The van der Waals surface area contributed by atoms with E-state index in [1.807, 2.05) is 0 Å². The third-order valence-corrected chi connectivity index (χ3v) is 4.48. The molecule has 1 aromatic carbocycles. The standard InChI is InChI=1S/C16H23NO/c1-12-10-13-4-2-3-5-16(13)17(11-12)14-6-8-15(18)9-7-14/h2-5,12,14-15,18H,6-11H2,1H3. The summed E-state index contributed by atoms with van der Waals surface area (Å²) in [6, 6.07) is 9.48. The van der Waals surface area contributed by atoms with E-state index in [1.54, 1.807) is 0 Å². The second-order valence-electron chi connectivity index (χ2n) is 6.05. The molecule has 1 aliphatic carbocycles. The molecule has 1 saturated carbocycles. The van der Waals surface area contributed by atoms with Crippen molar-refractivity contribution in [2.75, 3.05) is 11.4 Å². The minimum absolute atomic E-state index is 0.0568. The molecule has 0 spiro atoms. The van der Waals surface area contributed by atoms with Crippen molar-refractivity contribution in [3.8, 4) is 0 Å². The van der Waals surface area contributed by atoms with Gasteiger partial charge in [-0.25, -0.2) is 0 Å². The van der Waals surface area contributed by atoms with E-state index in [1.165, 1.54) is 24.2 Å². The van der Waals surface area contributed by atoms with Crippen molar-refractivity contribution in [1.29, 1.82) is 0 Å². The molecule has 2 nitrogen and oxygen atoms in total. The van der Waals surface area contributed by atoms with Gasteiger partial charge in [0.25, 0.3) is 0 Å². The van der Waals surface area contributed by atoms with Gasteiger partial charge in [0.2, 0.25) is 0 Å². The lowest BCUT2D eigenvalue weighted by Crippen LogP contribution is -2.44. The third kappa shape index (κ3) is 2.26. The number of para-hydroxylation sites is 1.